The van der Waals surface area contributed by atoms with Crippen molar-refractivity contribution >= 4 is 0 Å². The molecule has 140 valence electrons. The van der Waals surface area contributed by atoms with Crippen LogP contribution in [0.5, 0.6) is 0 Å². The van der Waals surface area contributed by atoms with Crippen LogP contribution < -0.4 is 5.32 Å². The molecule has 1 aliphatic rings. The second kappa shape index (κ2) is 9.76. The Morgan fingerprint density at radius 2 is 1.27 bits per heavy atom. The molecule has 1 aliphatic heterocycles. The molecule has 1 N–H and O–H groups in total. The Morgan fingerprint density at radius 3 is 1.69 bits per heavy atom. The maximum atomic E-state index is 4.93. The van der Waals surface area contributed by atoms with Gasteiger partial charge in [-0.3, -0.25) is 19.8 Å². The molecule has 0 unspecified atom stereocenters. The van der Waals surface area contributed by atoms with Crippen LogP contribution in [0.15, 0.2) is 36.4 Å². The van der Waals surface area contributed by atoms with Gasteiger partial charge in [0.25, 0.3) is 0 Å². The van der Waals surface area contributed by atoms with Gasteiger partial charge < -0.3 is 5.32 Å². The lowest BCUT2D eigenvalue weighted by atomic mass is 10.2. The van der Waals surface area contributed by atoms with E-state index in [1.807, 2.05) is 7.05 Å². The normalized spacial score (nSPS) is 16.1. The highest BCUT2D eigenvalue weighted by molar-refractivity contribution is 5.15. The van der Waals surface area contributed by atoms with Crippen molar-refractivity contribution in [3.63, 3.8) is 0 Å². The van der Waals surface area contributed by atoms with Crippen LogP contribution in [0, 0.1) is 0 Å². The zero-order chi connectivity index (χ0) is 18.2. The van der Waals surface area contributed by atoms with Gasteiger partial charge in [0.15, 0.2) is 0 Å². The van der Waals surface area contributed by atoms with Crippen molar-refractivity contribution in [3.8, 4) is 0 Å². The SMILES string of the molecule is CCCN1Cc2cccc(n2)CN(CCCNC)Cc2cccc(n2)C1. The molecule has 0 aliphatic carbocycles. The van der Waals surface area contributed by atoms with E-state index in [2.05, 4.69) is 58.4 Å². The maximum Gasteiger partial charge on any atom is 0.0548 e. The number of fused-ring (bicyclic) bond motifs is 4. The Bertz CT molecular complexity index is 636. The van der Waals surface area contributed by atoms with Gasteiger partial charge in [-0.15, -0.1) is 0 Å². The van der Waals surface area contributed by atoms with Crippen LogP contribution in [0.25, 0.3) is 0 Å². The summed E-state index contributed by atoms with van der Waals surface area (Å²) in [6, 6.07) is 12.9. The largest absolute Gasteiger partial charge is 0.320 e. The van der Waals surface area contributed by atoms with Crippen LogP contribution in [0.1, 0.15) is 42.5 Å². The molecule has 2 aromatic heterocycles. The Morgan fingerprint density at radius 1 is 0.808 bits per heavy atom. The molecular formula is C21H31N5. The predicted molar refractivity (Wildman–Crippen MR) is 106 cm³/mol. The van der Waals surface area contributed by atoms with Gasteiger partial charge >= 0.3 is 0 Å². The lowest BCUT2D eigenvalue weighted by molar-refractivity contribution is 0.235. The van der Waals surface area contributed by atoms with Crippen molar-refractivity contribution in [2.24, 2.45) is 0 Å². The number of rotatable bonds is 6. The molecule has 0 spiro atoms. The molecule has 0 fully saturated rings. The summed E-state index contributed by atoms with van der Waals surface area (Å²) >= 11 is 0. The lowest BCUT2D eigenvalue weighted by Crippen LogP contribution is -2.29. The Labute approximate surface area is 157 Å². The number of hydrogen-bond acceptors (Lipinski definition) is 5. The fourth-order valence-electron chi connectivity index (χ4n) is 3.55. The van der Waals surface area contributed by atoms with E-state index < -0.39 is 0 Å². The smallest absolute Gasteiger partial charge is 0.0548 e. The van der Waals surface area contributed by atoms with Gasteiger partial charge in [0, 0.05) is 32.7 Å². The third-order valence-corrected chi connectivity index (χ3v) is 4.71. The summed E-state index contributed by atoms with van der Waals surface area (Å²) in [5.41, 5.74) is 4.62. The number of hydrogen-bond donors (Lipinski definition) is 1. The van der Waals surface area contributed by atoms with E-state index >= 15 is 0 Å². The van der Waals surface area contributed by atoms with Crippen LogP contribution in [0.4, 0.5) is 0 Å². The van der Waals surface area contributed by atoms with E-state index in [9.17, 15) is 0 Å². The predicted octanol–water partition coefficient (Wildman–Crippen LogP) is 2.81. The third-order valence-electron chi connectivity index (χ3n) is 4.71. The van der Waals surface area contributed by atoms with Crippen LogP contribution in [-0.2, 0) is 26.2 Å². The molecule has 0 aromatic carbocycles. The van der Waals surface area contributed by atoms with E-state index in [0.717, 1.165) is 81.4 Å². The summed E-state index contributed by atoms with van der Waals surface area (Å²) in [6.45, 7) is 8.88. The van der Waals surface area contributed by atoms with Crippen molar-refractivity contribution in [1.82, 2.24) is 25.1 Å². The minimum Gasteiger partial charge on any atom is -0.320 e. The van der Waals surface area contributed by atoms with Gasteiger partial charge in [-0.25, -0.2) is 0 Å². The molecule has 26 heavy (non-hydrogen) atoms. The molecule has 0 amide bonds. The molecular weight excluding hydrogens is 322 g/mol. The van der Waals surface area contributed by atoms with Gasteiger partial charge in [0.05, 0.1) is 22.8 Å². The first-order valence-electron chi connectivity index (χ1n) is 9.75. The van der Waals surface area contributed by atoms with Crippen molar-refractivity contribution in [1.29, 1.82) is 0 Å². The molecule has 5 heteroatoms. The quantitative estimate of drug-likeness (QED) is 0.809. The fourth-order valence-corrected chi connectivity index (χ4v) is 3.55. The topological polar surface area (TPSA) is 44.3 Å². The van der Waals surface area contributed by atoms with E-state index in [1.165, 1.54) is 0 Å². The lowest BCUT2D eigenvalue weighted by Gasteiger charge is -2.25. The second-order valence-electron chi connectivity index (χ2n) is 7.12. The number of nitrogens with one attached hydrogen (secondary N) is 1. The standard InChI is InChI=1S/C21H31N5/c1-3-12-25-14-18-7-4-9-20(23-18)16-26(13-6-11-22-2)17-21-10-5-8-19(15-25)24-21/h4-5,7-10,22H,3,6,11-17H2,1-2H3. The highest BCUT2D eigenvalue weighted by Gasteiger charge is 2.14. The van der Waals surface area contributed by atoms with Gasteiger partial charge in [-0.1, -0.05) is 19.1 Å². The fraction of sp³-hybridized carbons (Fsp3) is 0.524. The number of nitrogens with zero attached hydrogens (tertiary/aromatic N) is 4. The Hall–Kier alpha value is -1.82. The summed E-state index contributed by atoms with van der Waals surface area (Å²) in [7, 11) is 2.01. The van der Waals surface area contributed by atoms with Crippen LogP contribution in [0.2, 0.25) is 0 Å². The van der Waals surface area contributed by atoms with Crippen molar-refractivity contribution in [2.75, 3.05) is 26.7 Å². The van der Waals surface area contributed by atoms with Crippen LogP contribution >= 0.6 is 0 Å². The van der Waals surface area contributed by atoms with Crippen molar-refractivity contribution in [3.05, 3.63) is 59.2 Å². The minimum atomic E-state index is 0.872. The first kappa shape index (κ1) is 19.0. The average Bonchev–Trinajstić information content (AvgIpc) is 2.62. The summed E-state index contributed by atoms with van der Waals surface area (Å²) in [4.78, 5) is 14.8. The first-order valence-corrected chi connectivity index (χ1v) is 9.75. The third kappa shape index (κ3) is 5.59. The van der Waals surface area contributed by atoms with Gasteiger partial charge in [0.1, 0.15) is 0 Å². The summed E-state index contributed by atoms with van der Waals surface area (Å²) in [6.07, 6.45) is 2.26. The number of pyridine rings is 2. The Kier molecular flexibility index (Phi) is 7.12. The highest BCUT2D eigenvalue weighted by atomic mass is 15.2. The summed E-state index contributed by atoms with van der Waals surface area (Å²) in [5, 5.41) is 3.24. The van der Waals surface area contributed by atoms with Crippen molar-refractivity contribution in [2.45, 2.75) is 45.9 Å². The second-order valence-corrected chi connectivity index (χ2v) is 7.12. The van der Waals surface area contributed by atoms with Gasteiger partial charge in [0.2, 0.25) is 0 Å². The minimum absolute atomic E-state index is 0.872. The molecule has 0 saturated carbocycles. The molecule has 5 nitrogen and oxygen atoms in total. The molecule has 0 radical (unpaired) electrons. The van der Waals surface area contributed by atoms with E-state index in [4.69, 9.17) is 9.97 Å². The van der Waals surface area contributed by atoms with E-state index in [-0.39, 0.29) is 0 Å². The van der Waals surface area contributed by atoms with E-state index in [0.29, 0.717) is 0 Å². The summed E-state index contributed by atoms with van der Waals surface area (Å²) < 4.78 is 0. The Balaban J connectivity index is 1.86. The molecule has 0 atom stereocenters. The molecule has 3 rings (SSSR count). The zero-order valence-corrected chi connectivity index (χ0v) is 16.1. The summed E-state index contributed by atoms with van der Waals surface area (Å²) in [5.74, 6) is 0. The molecule has 2 aromatic rings. The van der Waals surface area contributed by atoms with Crippen LogP contribution in [-0.4, -0.2) is 46.4 Å². The van der Waals surface area contributed by atoms with Crippen molar-refractivity contribution < 1.29 is 0 Å². The van der Waals surface area contributed by atoms with Gasteiger partial charge in [-0.2, -0.15) is 0 Å². The van der Waals surface area contributed by atoms with E-state index in [1.54, 1.807) is 0 Å². The average molecular weight is 354 g/mol. The van der Waals surface area contributed by atoms with Gasteiger partial charge in [-0.05, 0) is 57.2 Å². The molecule has 3 heterocycles. The maximum absolute atomic E-state index is 4.93. The molecule has 0 saturated heterocycles. The molecule has 4 bridgehead atoms. The zero-order valence-electron chi connectivity index (χ0n) is 16.1. The monoisotopic (exact) mass is 353 g/mol. The number of aromatic nitrogens is 2. The highest BCUT2D eigenvalue weighted by Crippen LogP contribution is 2.14. The first-order chi connectivity index (χ1) is 12.8. The van der Waals surface area contributed by atoms with Crippen LogP contribution in [0.3, 0.4) is 0 Å².